The number of aliphatic hydroxyl groups is 2. The summed E-state index contributed by atoms with van der Waals surface area (Å²) in [6, 6.07) is 0. The summed E-state index contributed by atoms with van der Waals surface area (Å²) in [5, 5.41) is 35.3. The molecular weight excluding hydrogens is 384 g/mol. The second-order valence-corrected chi connectivity index (χ2v) is 8.90. The average Bonchev–Trinajstić information content (AvgIpc) is 2.69. The second kappa shape index (κ2) is 13.7. The molecule has 1 saturated carbocycles. The molecule has 0 aromatic carbocycles. The summed E-state index contributed by atoms with van der Waals surface area (Å²) >= 11 is 0. The number of amidine groups is 1. The zero-order chi connectivity index (χ0) is 22.7. The normalized spacial score (nSPS) is 24.2. The Labute approximate surface area is 181 Å². The highest BCUT2D eigenvalue weighted by molar-refractivity contribution is 5.79. The molecule has 5 N–H and O–H groups in total. The van der Waals surface area contributed by atoms with Gasteiger partial charge in [-0.3, -0.25) is 5.41 Å². The Bertz CT molecular complexity index is 567. The predicted octanol–water partition coefficient (Wildman–Crippen LogP) is 3.14. The van der Waals surface area contributed by atoms with Crippen LogP contribution in [0.3, 0.4) is 0 Å². The predicted molar refractivity (Wildman–Crippen MR) is 120 cm³/mol. The number of rotatable bonds is 13. The molecule has 0 saturated heterocycles. The summed E-state index contributed by atoms with van der Waals surface area (Å²) in [6.45, 7) is 8.19. The highest BCUT2D eigenvalue weighted by Gasteiger charge is 2.25. The third-order valence-electron chi connectivity index (χ3n) is 6.01. The number of nitroso groups, excluding NO2 is 1. The molecule has 0 radical (unpaired) electrons. The highest BCUT2D eigenvalue weighted by atomic mass is 16.5. The number of hydrogen-bond donors (Lipinski definition) is 5. The molecule has 0 bridgehead atoms. The van der Waals surface area contributed by atoms with Crippen molar-refractivity contribution in [1.82, 2.24) is 10.6 Å². The van der Waals surface area contributed by atoms with Crippen LogP contribution in [0.1, 0.15) is 66.2 Å². The molecule has 8 heteroatoms. The smallest absolute Gasteiger partial charge is 0.135 e. The minimum absolute atomic E-state index is 0.0232. The van der Waals surface area contributed by atoms with Gasteiger partial charge in [0.05, 0.1) is 17.9 Å². The molecule has 0 spiro atoms. The van der Waals surface area contributed by atoms with Crippen LogP contribution in [0.25, 0.3) is 0 Å². The second-order valence-electron chi connectivity index (χ2n) is 8.90. The van der Waals surface area contributed by atoms with E-state index >= 15 is 0 Å². The van der Waals surface area contributed by atoms with Gasteiger partial charge in [-0.25, -0.2) is 0 Å². The van der Waals surface area contributed by atoms with Gasteiger partial charge in [0.25, 0.3) is 0 Å². The maximum atomic E-state index is 11.3. The number of nitrogens with zero attached hydrogens (tertiary/aromatic N) is 1. The fourth-order valence-corrected chi connectivity index (χ4v) is 4.72. The van der Waals surface area contributed by atoms with Gasteiger partial charge in [0.1, 0.15) is 24.2 Å². The van der Waals surface area contributed by atoms with E-state index < -0.39 is 12.2 Å². The van der Waals surface area contributed by atoms with Crippen LogP contribution >= 0.6 is 0 Å². The molecule has 1 aliphatic carbocycles. The first-order valence-electron chi connectivity index (χ1n) is 11.2. The summed E-state index contributed by atoms with van der Waals surface area (Å²) < 4.78 is 6.03. The first kappa shape index (κ1) is 26.5. The highest BCUT2D eigenvalue weighted by Crippen LogP contribution is 2.34. The SMILES string of the molecule is CN/C(=C(/N=O)C(C)OC(C)CC(C)CC1CCCC(CNC(=N)CO)C1)C(C)O. The summed E-state index contributed by atoms with van der Waals surface area (Å²) in [4.78, 5) is 11.3. The quantitative estimate of drug-likeness (QED) is 0.175. The molecular formula is C22H42N4O4. The molecule has 0 amide bonds. The molecule has 1 fully saturated rings. The largest absolute Gasteiger partial charge is 0.388 e. The molecule has 8 nitrogen and oxygen atoms in total. The molecule has 0 aliphatic heterocycles. The Balaban J connectivity index is 2.50. The van der Waals surface area contributed by atoms with E-state index in [0.717, 1.165) is 25.8 Å². The van der Waals surface area contributed by atoms with E-state index in [2.05, 4.69) is 22.7 Å². The summed E-state index contributed by atoms with van der Waals surface area (Å²) in [7, 11) is 1.66. The Morgan fingerprint density at radius 1 is 1.23 bits per heavy atom. The van der Waals surface area contributed by atoms with Gasteiger partial charge in [-0.15, -0.1) is 4.91 Å². The van der Waals surface area contributed by atoms with Crippen molar-refractivity contribution < 1.29 is 14.9 Å². The molecule has 0 aromatic heterocycles. The van der Waals surface area contributed by atoms with Gasteiger partial charge in [-0.1, -0.05) is 19.8 Å². The van der Waals surface area contributed by atoms with E-state index in [1.165, 1.54) is 19.3 Å². The van der Waals surface area contributed by atoms with Crippen molar-refractivity contribution in [2.24, 2.45) is 22.9 Å². The van der Waals surface area contributed by atoms with Crippen LogP contribution in [0.2, 0.25) is 0 Å². The minimum Gasteiger partial charge on any atom is -0.388 e. The van der Waals surface area contributed by atoms with E-state index in [-0.39, 0.29) is 24.2 Å². The Kier molecular flexibility index (Phi) is 12.1. The average molecular weight is 427 g/mol. The monoisotopic (exact) mass is 426 g/mol. The van der Waals surface area contributed by atoms with Crippen molar-refractivity contribution in [3.8, 4) is 0 Å². The number of likely N-dealkylation sites (N-methyl/N-ethyl adjacent to an activating group) is 1. The first-order chi connectivity index (χ1) is 14.2. The van der Waals surface area contributed by atoms with Gasteiger partial charge in [-0.2, -0.15) is 0 Å². The van der Waals surface area contributed by atoms with E-state index in [4.69, 9.17) is 15.3 Å². The summed E-state index contributed by atoms with van der Waals surface area (Å²) in [5.74, 6) is 1.92. The van der Waals surface area contributed by atoms with Crippen LogP contribution in [0.4, 0.5) is 0 Å². The Morgan fingerprint density at radius 3 is 2.47 bits per heavy atom. The van der Waals surface area contributed by atoms with Gasteiger partial charge in [0.2, 0.25) is 0 Å². The van der Waals surface area contributed by atoms with E-state index in [0.29, 0.717) is 23.5 Å². The maximum Gasteiger partial charge on any atom is 0.135 e. The number of nitrogens with one attached hydrogen (secondary N) is 3. The topological polar surface area (TPSA) is 127 Å². The molecule has 174 valence electrons. The number of ether oxygens (including phenoxy) is 1. The van der Waals surface area contributed by atoms with E-state index in [1.54, 1.807) is 20.9 Å². The van der Waals surface area contributed by atoms with Crippen molar-refractivity contribution in [2.75, 3.05) is 20.2 Å². The van der Waals surface area contributed by atoms with Crippen LogP contribution in [-0.2, 0) is 4.74 Å². The third kappa shape index (κ3) is 9.10. The Morgan fingerprint density at radius 2 is 1.90 bits per heavy atom. The molecule has 1 aliphatic rings. The third-order valence-corrected chi connectivity index (χ3v) is 6.01. The van der Waals surface area contributed by atoms with Gasteiger partial charge in [-0.05, 0) is 69.4 Å². The summed E-state index contributed by atoms with van der Waals surface area (Å²) in [5.41, 5.74) is 0.608. The van der Waals surface area contributed by atoms with Crippen LogP contribution < -0.4 is 10.6 Å². The van der Waals surface area contributed by atoms with Crippen LogP contribution in [-0.4, -0.2) is 54.6 Å². The van der Waals surface area contributed by atoms with Crippen LogP contribution in [0, 0.1) is 28.1 Å². The van der Waals surface area contributed by atoms with E-state index in [1.807, 2.05) is 6.92 Å². The van der Waals surface area contributed by atoms with Crippen LogP contribution in [0.5, 0.6) is 0 Å². The van der Waals surface area contributed by atoms with Crippen molar-refractivity contribution in [2.45, 2.75) is 84.5 Å². The summed E-state index contributed by atoms with van der Waals surface area (Å²) in [6.07, 6.45) is 5.50. The Hall–Kier alpha value is -1.51. The molecule has 1 rings (SSSR count). The van der Waals surface area contributed by atoms with Crippen molar-refractivity contribution >= 4 is 5.84 Å². The fraction of sp³-hybridized carbons (Fsp3) is 0.864. The number of hydrogen-bond acceptors (Lipinski definition) is 7. The lowest BCUT2D eigenvalue weighted by atomic mass is 9.77. The van der Waals surface area contributed by atoms with Gasteiger partial charge < -0.3 is 25.6 Å². The molecule has 0 aromatic rings. The zero-order valence-electron chi connectivity index (χ0n) is 19.3. The lowest BCUT2D eigenvalue weighted by Gasteiger charge is -2.32. The van der Waals surface area contributed by atoms with Gasteiger partial charge in [0.15, 0.2) is 0 Å². The van der Waals surface area contributed by atoms with Gasteiger partial charge in [0, 0.05) is 13.6 Å². The standard InChI is InChI=1S/C22H42N4O4/c1-14(10-18-7-6-8-19(11-18)12-25-20(23)13-27)9-15(2)30-17(4)22(26-29)21(24-5)16(3)28/h14-19,24,27-28H,6-13H2,1-5H3,(H2,23,25)/b22-21+. The van der Waals surface area contributed by atoms with Crippen LogP contribution in [0.15, 0.2) is 16.6 Å². The molecule has 30 heavy (non-hydrogen) atoms. The lowest BCUT2D eigenvalue weighted by Crippen LogP contribution is -2.33. The van der Waals surface area contributed by atoms with E-state index in [9.17, 15) is 10.0 Å². The van der Waals surface area contributed by atoms with Crippen molar-refractivity contribution in [1.29, 1.82) is 5.41 Å². The number of aliphatic hydroxyl groups excluding tert-OH is 2. The molecule has 6 unspecified atom stereocenters. The molecule has 6 atom stereocenters. The fourth-order valence-electron chi connectivity index (χ4n) is 4.72. The van der Waals surface area contributed by atoms with Gasteiger partial charge >= 0.3 is 0 Å². The zero-order valence-corrected chi connectivity index (χ0v) is 19.3. The van der Waals surface area contributed by atoms with Crippen molar-refractivity contribution in [3.05, 3.63) is 16.3 Å². The molecule has 0 heterocycles. The first-order valence-corrected chi connectivity index (χ1v) is 11.2. The van der Waals surface area contributed by atoms with Crippen molar-refractivity contribution in [3.63, 3.8) is 0 Å². The lowest BCUT2D eigenvalue weighted by molar-refractivity contribution is 0.0106. The maximum absolute atomic E-state index is 11.3. The minimum atomic E-state index is -0.808.